The van der Waals surface area contributed by atoms with Crippen LogP contribution in [0.25, 0.3) is 0 Å². The Morgan fingerprint density at radius 3 is 3.00 bits per heavy atom. The minimum atomic E-state index is 0.215. The van der Waals surface area contributed by atoms with E-state index in [0.717, 1.165) is 12.0 Å². The van der Waals surface area contributed by atoms with Crippen LogP contribution in [0.2, 0.25) is 0 Å². The minimum Gasteiger partial charge on any atom is -0.294 e. The molecule has 0 N–H and O–H groups in total. The maximum Gasteiger partial charge on any atom is 0.165 e. The number of Topliss-reactive ketones (excluding diaryl/α,β-unsaturated/α-hetero) is 1. The van der Waals surface area contributed by atoms with Crippen molar-refractivity contribution in [3.05, 3.63) is 11.8 Å². The van der Waals surface area contributed by atoms with E-state index in [-0.39, 0.29) is 5.78 Å². The quantitative estimate of drug-likeness (QED) is 0.517. The third-order valence-corrected chi connectivity index (χ3v) is 1.35. The van der Waals surface area contributed by atoms with Crippen molar-refractivity contribution in [1.29, 1.82) is 0 Å². The van der Waals surface area contributed by atoms with Crippen LogP contribution in [0.3, 0.4) is 0 Å². The molecule has 0 amide bonds. The number of hydrogen-bond acceptors (Lipinski definition) is 2. The fourth-order valence-corrected chi connectivity index (χ4v) is 0.770. The number of allylic oxidation sites excluding steroid dienone is 1. The average Bonchev–Trinajstić information content (AvgIpc) is 1.89. The standard InChI is InChI=1S/C7H9NO/c1-2-6-5-8-4-3-7(6)9/h4-5H,2-3H2,1H3. The van der Waals surface area contributed by atoms with E-state index in [0.29, 0.717) is 6.42 Å². The molecule has 0 aromatic carbocycles. The molecule has 1 aliphatic rings. The molecule has 0 saturated heterocycles. The van der Waals surface area contributed by atoms with Crippen LogP contribution in [0, 0.1) is 0 Å². The van der Waals surface area contributed by atoms with Gasteiger partial charge in [0, 0.05) is 24.4 Å². The van der Waals surface area contributed by atoms with Crippen LogP contribution in [0.5, 0.6) is 0 Å². The lowest BCUT2D eigenvalue weighted by Crippen LogP contribution is -2.04. The van der Waals surface area contributed by atoms with Crippen molar-refractivity contribution in [3.8, 4) is 0 Å². The van der Waals surface area contributed by atoms with Gasteiger partial charge in [-0.3, -0.25) is 9.79 Å². The summed E-state index contributed by atoms with van der Waals surface area (Å²) in [6, 6.07) is 0. The first-order valence-electron chi connectivity index (χ1n) is 3.08. The smallest absolute Gasteiger partial charge is 0.165 e. The van der Waals surface area contributed by atoms with Crippen molar-refractivity contribution in [3.63, 3.8) is 0 Å². The maximum atomic E-state index is 10.9. The molecule has 0 radical (unpaired) electrons. The van der Waals surface area contributed by atoms with Gasteiger partial charge in [0.15, 0.2) is 5.78 Å². The number of carbonyl (C=O) groups is 1. The van der Waals surface area contributed by atoms with Crippen molar-refractivity contribution in [1.82, 2.24) is 0 Å². The molecule has 1 rings (SSSR count). The van der Waals surface area contributed by atoms with E-state index >= 15 is 0 Å². The fourth-order valence-electron chi connectivity index (χ4n) is 0.770. The van der Waals surface area contributed by atoms with E-state index < -0.39 is 0 Å². The molecular formula is C7H9NO. The summed E-state index contributed by atoms with van der Waals surface area (Å²) in [6.07, 6.45) is 4.57. The van der Waals surface area contributed by atoms with E-state index in [4.69, 9.17) is 0 Å². The Kier molecular flexibility index (Phi) is 1.78. The summed E-state index contributed by atoms with van der Waals surface area (Å²) in [4.78, 5) is 14.7. The largest absolute Gasteiger partial charge is 0.294 e. The number of rotatable bonds is 1. The monoisotopic (exact) mass is 123 g/mol. The van der Waals surface area contributed by atoms with E-state index in [9.17, 15) is 4.79 Å². The molecule has 0 saturated carbocycles. The van der Waals surface area contributed by atoms with Gasteiger partial charge >= 0.3 is 0 Å². The van der Waals surface area contributed by atoms with Crippen LogP contribution in [0.15, 0.2) is 16.8 Å². The predicted octanol–water partition coefficient (Wildman–Crippen LogP) is 1.32. The zero-order valence-electron chi connectivity index (χ0n) is 5.42. The van der Waals surface area contributed by atoms with Crippen LogP contribution < -0.4 is 0 Å². The summed E-state index contributed by atoms with van der Waals surface area (Å²) >= 11 is 0. The number of hydrogen-bond donors (Lipinski definition) is 0. The summed E-state index contributed by atoms with van der Waals surface area (Å²) < 4.78 is 0. The normalized spacial score (nSPS) is 17.9. The van der Waals surface area contributed by atoms with Gasteiger partial charge < -0.3 is 0 Å². The van der Waals surface area contributed by atoms with Gasteiger partial charge in [-0.05, 0) is 6.42 Å². The summed E-state index contributed by atoms with van der Waals surface area (Å²) in [6.45, 7) is 1.96. The van der Waals surface area contributed by atoms with Gasteiger partial charge in [0.2, 0.25) is 0 Å². The molecule has 0 aromatic heterocycles. The van der Waals surface area contributed by atoms with Crippen LogP contribution in [-0.2, 0) is 4.79 Å². The zero-order valence-corrected chi connectivity index (χ0v) is 5.42. The Hall–Kier alpha value is -0.920. The van der Waals surface area contributed by atoms with Crippen molar-refractivity contribution >= 4 is 12.0 Å². The first-order chi connectivity index (χ1) is 4.34. The van der Waals surface area contributed by atoms with Crippen molar-refractivity contribution in [2.24, 2.45) is 4.99 Å². The first-order valence-corrected chi connectivity index (χ1v) is 3.08. The van der Waals surface area contributed by atoms with E-state index in [1.807, 2.05) is 6.92 Å². The molecule has 9 heavy (non-hydrogen) atoms. The molecule has 1 heterocycles. The van der Waals surface area contributed by atoms with Gasteiger partial charge in [0.05, 0.1) is 0 Å². The number of nitrogens with zero attached hydrogens (tertiary/aromatic N) is 1. The molecule has 48 valence electrons. The molecular weight excluding hydrogens is 114 g/mol. The van der Waals surface area contributed by atoms with Crippen molar-refractivity contribution < 1.29 is 4.79 Å². The van der Waals surface area contributed by atoms with Gasteiger partial charge in [-0.15, -0.1) is 0 Å². The number of ketones is 1. The van der Waals surface area contributed by atoms with Gasteiger partial charge in [-0.1, -0.05) is 6.92 Å². The average molecular weight is 123 g/mol. The molecule has 0 bridgehead atoms. The van der Waals surface area contributed by atoms with Gasteiger partial charge in [0.25, 0.3) is 0 Å². The highest BCUT2D eigenvalue weighted by Crippen LogP contribution is 2.07. The summed E-state index contributed by atoms with van der Waals surface area (Å²) in [5.74, 6) is 0.215. The minimum absolute atomic E-state index is 0.215. The Morgan fingerprint density at radius 1 is 1.78 bits per heavy atom. The van der Waals surface area contributed by atoms with Gasteiger partial charge in [-0.2, -0.15) is 0 Å². The lowest BCUT2D eigenvalue weighted by molar-refractivity contribution is -0.114. The Labute approximate surface area is 54.3 Å². The second-order valence-corrected chi connectivity index (χ2v) is 1.97. The highest BCUT2D eigenvalue weighted by atomic mass is 16.1. The molecule has 2 nitrogen and oxygen atoms in total. The highest BCUT2D eigenvalue weighted by molar-refractivity contribution is 6.04. The SMILES string of the molecule is CCC1=CN=CCC1=O. The summed E-state index contributed by atoms with van der Waals surface area (Å²) in [5, 5.41) is 0. The van der Waals surface area contributed by atoms with Crippen LogP contribution >= 0.6 is 0 Å². The molecule has 1 aliphatic heterocycles. The third kappa shape index (κ3) is 1.25. The summed E-state index contributed by atoms with van der Waals surface area (Å²) in [7, 11) is 0. The second kappa shape index (κ2) is 2.58. The first kappa shape index (κ1) is 6.20. The van der Waals surface area contributed by atoms with Crippen molar-refractivity contribution in [2.75, 3.05) is 0 Å². The van der Waals surface area contributed by atoms with E-state index in [1.54, 1.807) is 12.4 Å². The van der Waals surface area contributed by atoms with Crippen LogP contribution in [0.4, 0.5) is 0 Å². The molecule has 0 fully saturated rings. The molecule has 0 unspecified atom stereocenters. The van der Waals surface area contributed by atoms with Crippen LogP contribution in [-0.4, -0.2) is 12.0 Å². The molecule has 0 spiro atoms. The third-order valence-electron chi connectivity index (χ3n) is 1.35. The number of carbonyl (C=O) groups excluding carboxylic acids is 1. The maximum absolute atomic E-state index is 10.9. The van der Waals surface area contributed by atoms with Crippen molar-refractivity contribution in [2.45, 2.75) is 19.8 Å². The second-order valence-electron chi connectivity index (χ2n) is 1.97. The van der Waals surface area contributed by atoms with E-state index in [2.05, 4.69) is 4.99 Å². The number of aliphatic imine (C=N–C) groups is 1. The Bertz CT molecular complexity index is 179. The fraction of sp³-hybridized carbons (Fsp3) is 0.429. The topological polar surface area (TPSA) is 29.4 Å². The van der Waals surface area contributed by atoms with Crippen LogP contribution in [0.1, 0.15) is 19.8 Å². The van der Waals surface area contributed by atoms with Gasteiger partial charge in [-0.25, -0.2) is 0 Å². The zero-order chi connectivity index (χ0) is 6.69. The molecule has 0 aliphatic carbocycles. The summed E-state index contributed by atoms with van der Waals surface area (Å²) in [5.41, 5.74) is 0.845. The molecule has 2 heteroatoms. The van der Waals surface area contributed by atoms with Gasteiger partial charge in [0.1, 0.15) is 0 Å². The molecule has 0 atom stereocenters. The van der Waals surface area contributed by atoms with E-state index in [1.165, 1.54) is 0 Å². The Balaban J connectivity index is 2.74. The molecule has 0 aromatic rings. The Morgan fingerprint density at radius 2 is 2.56 bits per heavy atom. The predicted molar refractivity (Wildman–Crippen MR) is 36.5 cm³/mol. The lowest BCUT2D eigenvalue weighted by Gasteiger charge is -2.01. The lowest BCUT2D eigenvalue weighted by atomic mass is 10.1. The highest BCUT2D eigenvalue weighted by Gasteiger charge is 2.07.